The number of nitrogens with one attached hydrogen (secondary N) is 1. The van der Waals surface area contributed by atoms with Crippen molar-refractivity contribution < 1.29 is 0 Å². The Morgan fingerprint density at radius 2 is 2.31 bits per heavy atom. The first kappa shape index (κ1) is 8.12. The van der Waals surface area contributed by atoms with Crippen LogP contribution < -0.4 is 16.8 Å². The average molecular weight is 179 g/mol. The van der Waals surface area contributed by atoms with E-state index in [1.165, 1.54) is 0 Å². The van der Waals surface area contributed by atoms with Gasteiger partial charge in [0, 0.05) is 6.20 Å². The first-order valence-corrected chi connectivity index (χ1v) is 4.10. The zero-order valence-corrected chi connectivity index (χ0v) is 7.70. The third-order valence-electron chi connectivity index (χ3n) is 2.08. The number of anilines is 2. The number of hydrogen-bond acceptors (Lipinski definition) is 4. The summed E-state index contributed by atoms with van der Waals surface area (Å²) in [6, 6.07) is 0. The van der Waals surface area contributed by atoms with Crippen LogP contribution >= 0.6 is 0 Å². The fraction of sp³-hybridized carbons (Fsp3) is 0.375. The molecule has 1 unspecified atom stereocenters. The van der Waals surface area contributed by atoms with E-state index in [4.69, 9.17) is 11.5 Å². The Balaban J connectivity index is 2.53. The van der Waals surface area contributed by atoms with Gasteiger partial charge in [-0.15, -0.1) is 0 Å². The maximum atomic E-state index is 5.88. The quantitative estimate of drug-likeness (QED) is 0.536. The van der Waals surface area contributed by atoms with Gasteiger partial charge >= 0.3 is 0 Å². The summed E-state index contributed by atoms with van der Waals surface area (Å²) in [5.74, 6) is 0.769. The molecule has 1 aliphatic rings. The van der Waals surface area contributed by atoms with E-state index in [9.17, 15) is 0 Å². The van der Waals surface area contributed by atoms with E-state index in [1.54, 1.807) is 4.68 Å². The minimum atomic E-state index is -0.545. The van der Waals surface area contributed by atoms with Crippen LogP contribution in [0.2, 0.25) is 0 Å². The van der Waals surface area contributed by atoms with Crippen molar-refractivity contribution >= 4 is 17.7 Å². The van der Waals surface area contributed by atoms with Gasteiger partial charge in [-0.05, 0) is 19.9 Å². The largest absolute Gasteiger partial charge is 0.394 e. The van der Waals surface area contributed by atoms with Crippen LogP contribution in [-0.4, -0.2) is 15.4 Å². The van der Waals surface area contributed by atoms with E-state index in [0.29, 0.717) is 5.69 Å². The molecule has 1 aliphatic heterocycles. The highest BCUT2D eigenvalue weighted by Gasteiger charge is 2.23. The smallest absolute Gasteiger partial charge is 0.154 e. The highest BCUT2D eigenvalue weighted by molar-refractivity contribution is 5.70. The highest BCUT2D eigenvalue weighted by atomic mass is 15.4. The molecule has 0 saturated heterocycles. The van der Waals surface area contributed by atoms with Gasteiger partial charge in [0.05, 0.1) is 11.4 Å². The number of rotatable bonds is 0. The van der Waals surface area contributed by atoms with E-state index in [-0.39, 0.29) is 0 Å². The molecule has 2 rings (SSSR count). The van der Waals surface area contributed by atoms with Gasteiger partial charge in [0.15, 0.2) is 5.82 Å². The Morgan fingerprint density at radius 1 is 1.62 bits per heavy atom. The molecule has 0 aliphatic carbocycles. The summed E-state index contributed by atoms with van der Waals surface area (Å²) in [4.78, 5) is 0. The number of nitrogen functional groups attached to an aromatic ring is 1. The molecule has 1 aromatic heterocycles. The predicted octanol–water partition coefficient (Wildman–Crippen LogP) is 0.345. The number of aryl methyl sites for hydroxylation is 1. The van der Waals surface area contributed by atoms with Gasteiger partial charge in [0.2, 0.25) is 0 Å². The van der Waals surface area contributed by atoms with Crippen LogP contribution in [0.5, 0.6) is 0 Å². The van der Waals surface area contributed by atoms with Crippen LogP contribution in [0.4, 0.5) is 11.5 Å². The van der Waals surface area contributed by atoms with Gasteiger partial charge < -0.3 is 16.8 Å². The molecule has 5 nitrogen and oxygen atoms in total. The van der Waals surface area contributed by atoms with Crippen molar-refractivity contribution in [2.45, 2.75) is 19.5 Å². The lowest BCUT2D eigenvalue weighted by Gasteiger charge is -2.27. The van der Waals surface area contributed by atoms with Gasteiger partial charge in [-0.3, -0.25) is 0 Å². The second kappa shape index (κ2) is 2.26. The number of aromatic nitrogens is 2. The first-order chi connectivity index (χ1) is 5.99. The summed E-state index contributed by atoms with van der Waals surface area (Å²) in [5, 5.41) is 7.29. The summed E-state index contributed by atoms with van der Waals surface area (Å²) in [7, 11) is 0. The van der Waals surface area contributed by atoms with Crippen molar-refractivity contribution in [3.05, 3.63) is 11.8 Å². The van der Waals surface area contributed by atoms with Gasteiger partial charge in [-0.25, -0.2) is 4.68 Å². The maximum Gasteiger partial charge on any atom is 0.154 e. The molecule has 1 atom stereocenters. The molecule has 0 aromatic carbocycles. The molecule has 0 bridgehead atoms. The lowest BCUT2D eigenvalue weighted by molar-refractivity contribution is 0.649. The average Bonchev–Trinajstić information content (AvgIpc) is 2.29. The standard InChI is InChI=1S/C8H13N5/c1-5-6(9)7-11-8(2,10)3-4-13(7)12-5/h3-4,11H,9-10H2,1-2H3. The number of fused-ring (bicyclic) bond motifs is 1. The molecule has 0 radical (unpaired) electrons. The Kier molecular flexibility index (Phi) is 1.41. The summed E-state index contributed by atoms with van der Waals surface area (Å²) >= 11 is 0. The number of nitrogens with zero attached hydrogens (tertiary/aromatic N) is 2. The Labute approximate surface area is 76.4 Å². The molecular formula is C8H13N5. The van der Waals surface area contributed by atoms with Gasteiger partial charge in [-0.1, -0.05) is 0 Å². The van der Waals surface area contributed by atoms with Crippen LogP contribution in [0, 0.1) is 6.92 Å². The van der Waals surface area contributed by atoms with Gasteiger partial charge in [-0.2, -0.15) is 5.10 Å². The van der Waals surface area contributed by atoms with Crippen LogP contribution in [-0.2, 0) is 0 Å². The Hall–Kier alpha value is -1.49. The molecule has 5 N–H and O–H groups in total. The molecular weight excluding hydrogens is 166 g/mol. The second-order valence-electron chi connectivity index (χ2n) is 3.52. The molecule has 2 heterocycles. The van der Waals surface area contributed by atoms with Crippen LogP contribution in [0.1, 0.15) is 12.6 Å². The summed E-state index contributed by atoms with van der Waals surface area (Å²) in [5.41, 5.74) is 12.6. The third-order valence-corrected chi connectivity index (χ3v) is 2.08. The molecule has 0 spiro atoms. The van der Waals surface area contributed by atoms with Crippen molar-refractivity contribution in [1.82, 2.24) is 9.78 Å². The van der Waals surface area contributed by atoms with Crippen molar-refractivity contribution in [3.8, 4) is 0 Å². The van der Waals surface area contributed by atoms with Crippen molar-refractivity contribution in [2.24, 2.45) is 5.73 Å². The van der Waals surface area contributed by atoms with Gasteiger partial charge in [0.25, 0.3) is 0 Å². The SMILES string of the molecule is Cc1nn2c(c1N)NC(C)(N)C=C2. The Morgan fingerprint density at radius 3 is 3.00 bits per heavy atom. The van der Waals surface area contributed by atoms with E-state index in [0.717, 1.165) is 11.5 Å². The van der Waals surface area contributed by atoms with Crippen LogP contribution in [0.15, 0.2) is 6.08 Å². The molecule has 13 heavy (non-hydrogen) atoms. The molecule has 5 heteroatoms. The molecule has 1 aromatic rings. The van der Waals surface area contributed by atoms with Crippen molar-refractivity contribution in [1.29, 1.82) is 0 Å². The first-order valence-electron chi connectivity index (χ1n) is 4.10. The second-order valence-corrected chi connectivity index (χ2v) is 3.52. The van der Waals surface area contributed by atoms with E-state index < -0.39 is 5.66 Å². The fourth-order valence-corrected chi connectivity index (χ4v) is 1.31. The highest BCUT2D eigenvalue weighted by Crippen LogP contribution is 2.27. The van der Waals surface area contributed by atoms with E-state index in [1.807, 2.05) is 26.1 Å². The molecule has 0 saturated carbocycles. The zero-order valence-electron chi connectivity index (χ0n) is 7.70. The molecule has 0 fully saturated rings. The minimum Gasteiger partial charge on any atom is -0.394 e. The lowest BCUT2D eigenvalue weighted by atomic mass is 10.2. The van der Waals surface area contributed by atoms with Gasteiger partial charge in [0.1, 0.15) is 5.66 Å². The Bertz CT molecular complexity index is 374. The molecule has 0 amide bonds. The van der Waals surface area contributed by atoms with Crippen LogP contribution in [0.3, 0.4) is 0 Å². The van der Waals surface area contributed by atoms with E-state index in [2.05, 4.69) is 10.4 Å². The normalized spacial score (nSPS) is 25.5. The van der Waals surface area contributed by atoms with Crippen molar-refractivity contribution in [2.75, 3.05) is 11.1 Å². The summed E-state index contributed by atoms with van der Waals surface area (Å²) in [6.45, 7) is 3.73. The fourth-order valence-electron chi connectivity index (χ4n) is 1.31. The minimum absolute atomic E-state index is 0.545. The predicted molar refractivity (Wildman–Crippen MR) is 52.9 cm³/mol. The summed E-state index contributed by atoms with van der Waals surface area (Å²) < 4.78 is 1.69. The number of hydrogen-bond donors (Lipinski definition) is 3. The lowest BCUT2D eigenvalue weighted by Crippen LogP contribution is -2.44. The van der Waals surface area contributed by atoms with E-state index >= 15 is 0 Å². The molecule has 70 valence electrons. The summed E-state index contributed by atoms with van der Waals surface area (Å²) in [6.07, 6.45) is 3.65. The third kappa shape index (κ3) is 1.17. The van der Waals surface area contributed by atoms with Crippen LogP contribution in [0.25, 0.3) is 6.20 Å². The zero-order chi connectivity index (χ0) is 9.64. The van der Waals surface area contributed by atoms with Crippen molar-refractivity contribution in [3.63, 3.8) is 0 Å². The maximum absolute atomic E-state index is 5.88. The number of nitrogens with two attached hydrogens (primary N) is 2. The monoisotopic (exact) mass is 179 g/mol. The topological polar surface area (TPSA) is 81.9 Å².